The molecule has 3 aromatic rings. The summed E-state index contributed by atoms with van der Waals surface area (Å²) in [6.45, 7) is 8.59. The minimum Gasteiger partial charge on any atom is -0.508 e. The van der Waals surface area contributed by atoms with E-state index in [1.165, 1.54) is 29.3 Å². The zero-order valence-electron chi connectivity index (χ0n) is 29.5. The minimum atomic E-state index is -1.68. The van der Waals surface area contributed by atoms with Gasteiger partial charge in [0.1, 0.15) is 5.75 Å². The van der Waals surface area contributed by atoms with Gasteiger partial charge in [-0.25, -0.2) is 8.51 Å². The highest BCUT2D eigenvalue weighted by Crippen LogP contribution is 2.59. The number of aromatic nitrogens is 1. The lowest BCUT2D eigenvalue weighted by Gasteiger charge is -2.53. The van der Waals surface area contributed by atoms with Crippen molar-refractivity contribution in [1.29, 1.82) is 0 Å². The number of rotatable bonds is 6. The number of carbonyl (C=O) groups is 3. The normalized spacial score (nSPS) is 24.6. The molecule has 4 atom stereocenters. The van der Waals surface area contributed by atoms with Crippen LogP contribution in [0.2, 0.25) is 0 Å². The molecule has 5 N–H and O–H groups in total. The van der Waals surface area contributed by atoms with Crippen LogP contribution in [0.25, 0.3) is 22.2 Å². The number of nitrogens with zero attached hydrogens (tertiary/aromatic N) is 3. The molecule has 3 fully saturated rings. The summed E-state index contributed by atoms with van der Waals surface area (Å²) in [5, 5.41) is 14.4. The smallest absolute Gasteiger partial charge is 0.309 e. The molecule has 0 bridgehead atoms. The Balaban J connectivity index is 0.000000403. The van der Waals surface area contributed by atoms with Gasteiger partial charge < -0.3 is 25.6 Å². The maximum absolute atomic E-state index is 13.1. The molecule has 4 unspecified atom stereocenters. The van der Waals surface area contributed by atoms with Gasteiger partial charge in [0.05, 0.1) is 11.2 Å². The minimum absolute atomic E-state index is 0.110. The van der Waals surface area contributed by atoms with Crippen molar-refractivity contribution >= 4 is 39.8 Å². The van der Waals surface area contributed by atoms with Crippen LogP contribution in [-0.4, -0.2) is 79.6 Å². The van der Waals surface area contributed by atoms with Crippen LogP contribution >= 0.6 is 0 Å². The lowest BCUT2D eigenvalue weighted by Crippen LogP contribution is -2.61. The third-order valence-electron chi connectivity index (χ3n) is 11.6. The zero-order chi connectivity index (χ0) is 35.4. The van der Waals surface area contributed by atoms with Crippen LogP contribution in [-0.2, 0) is 27.3 Å². The van der Waals surface area contributed by atoms with Gasteiger partial charge in [-0.15, -0.1) is 0 Å². The number of nitrogens with two attached hydrogens (primary N) is 1. The number of carbonyl (C=O) groups excluding carboxylic acids is 3. The van der Waals surface area contributed by atoms with Crippen molar-refractivity contribution in [2.45, 2.75) is 95.2 Å². The van der Waals surface area contributed by atoms with Crippen LogP contribution in [0.5, 0.6) is 5.75 Å². The number of nitrogens with one attached hydrogen (secondary N) is 2. The van der Waals surface area contributed by atoms with Crippen LogP contribution < -0.4 is 15.8 Å². The van der Waals surface area contributed by atoms with Gasteiger partial charge in [-0.05, 0) is 93.5 Å². The van der Waals surface area contributed by atoms with Crippen molar-refractivity contribution in [3.8, 4) is 17.0 Å². The number of likely N-dealkylation sites (tertiary alicyclic amines) is 1. The van der Waals surface area contributed by atoms with Crippen molar-refractivity contribution in [3.63, 3.8) is 0 Å². The second-order valence-corrected chi connectivity index (χ2v) is 16.5. The predicted molar refractivity (Wildman–Crippen MR) is 192 cm³/mol. The molecule has 2 aliphatic heterocycles. The summed E-state index contributed by atoms with van der Waals surface area (Å²) in [6, 6.07) is 10.9. The number of fused-ring (bicyclic) bond motifs is 7. The number of hydrogen-bond donors (Lipinski definition) is 4. The van der Waals surface area contributed by atoms with Gasteiger partial charge in [-0.1, -0.05) is 38.7 Å². The molecule has 7 rings (SSSR count). The van der Waals surface area contributed by atoms with Crippen molar-refractivity contribution < 1.29 is 23.7 Å². The van der Waals surface area contributed by atoms with E-state index in [1.807, 2.05) is 18.2 Å². The quantitative estimate of drug-likeness (QED) is 0.280. The van der Waals surface area contributed by atoms with Crippen LogP contribution in [0, 0.1) is 5.92 Å². The Morgan fingerprint density at radius 2 is 1.80 bits per heavy atom. The van der Waals surface area contributed by atoms with Crippen LogP contribution in [0.15, 0.2) is 36.4 Å². The number of phenolic OH excluding ortho intramolecular Hbond substituents is 1. The Hall–Kier alpha value is -3.74. The van der Waals surface area contributed by atoms with E-state index in [1.54, 1.807) is 32.3 Å². The third kappa shape index (κ3) is 6.39. The first-order chi connectivity index (χ1) is 23.2. The van der Waals surface area contributed by atoms with Crippen molar-refractivity contribution in [3.05, 3.63) is 53.1 Å². The molecule has 264 valence electrons. The summed E-state index contributed by atoms with van der Waals surface area (Å²) in [5.41, 5.74) is 10.4. The summed E-state index contributed by atoms with van der Waals surface area (Å²) >= 11 is -1.68. The molecule has 12 heteroatoms. The van der Waals surface area contributed by atoms with E-state index in [0.29, 0.717) is 30.0 Å². The fraction of sp³-hybridized carbons (Fsp3) is 0.541. The fourth-order valence-electron chi connectivity index (χ4n) is 8.31. The first-order valence-electron chi connectivity index (χ1n) is 17.4. The molecule has 3 heterocycles. The Kier molecular flexibility index (Phi) is 9.44. The highest BCUT2D eigenvalue weighted by Gasteiger charge is 2.59. The molecule has 1 saturated heterocycles. The first-order valence-corrected chi connectivity index (χ1v) is 18.5. The number of hydrogen-bond acceptors (Lipinski definition) is 6. The lowest BCUT2D eigenvalue weighted by atomic mass is 9.76. The third-order valence-corrected chi connectivity index (χ3v) is 12.7. The summed E-state index contributed by atoms with van der Waals surface area (Å²) in [6.07, 6.45) is 7.49. The van der Waals surface area contributed by atoms with E-state index < -0.39 is 34.4 Å². The second-order valence-electron chi connectivity index (χ2n) is 15.1. The molecule has 2 aliphatic carbocycles. The largest absolute Gasteiger partial charge is 0.508 e. The van der Waals surface area contributed by atoms with Gasteiger partial charge >= 0.3 is 11.8 Å². The number of primary amides is 1. The fourth-order valence-corrected chi connectivity index (χ4v) is 8.77. The van der Waals surface area contributed by atoms with Crippen LogP contribution in [0.4, 0.5) is 0 Å². The summed E-state index contributed by atoms with van der Waals surface area (Å²) < 4.78 is 18.4. The van der Waals surface area contributed by atoms with Crippen molar-refractivity contribution in [2.24, 2.45) is 11.7 Å². The van der Waals surface area contributed by atoms with Gasteiger partial charge in [0.2, 0.25) is 0 Å². The SMILES string of the molecule is CCC1CN(C)C1(C)C.CN(C)S(=O)NC(=O)c1ccc2c(C3CCCCC3)c3n(c2c1)CC1(NC(=O)C(N)=O)CC1c1cc(O)ccc1-3. The van der Waals surface area contributed by atoms with Gasteiger partial charge in [0.25, 0.3) is 5.91 Å². The lowest BCUT2D eigenvalue weighted by molar-refractivity contribution is -0.138. The topological polar surface area (TPSA) is 150 Å². The van der Waals surface area contributed by atoms with E-state index in [9.17, 15) is 23.7 Å². The molecule has 1 aromatic heterocycles. The number of benzene rings is 2. The molecule has 0 spiro atoms. The van der Waals surface area contributed by atoms with E-state index in [4.69, 9.17) is 5.73 Å². The Morgan fingerprint density at radius 1 is 1.08 bits per heavy atom. The maximum Gasteiger partial charge on any atom is 0.309 e. The summed E-state index contributed by atoms with van der Waals surface area (Å²) in [4.78, 5) is 39.7. The summed E-state index contributed by atoms with van der Waals surface area (Å²) in [7, 11) is 5.43. The van der Waals surface area contributed by atoms with Crippen LogP contribution in [0.1, 0.15) is 99.0 Å². The molecule has 2 saturated carbocycles. The highest BCUT2D eigenvalue weighted by atomic mass is 32.2. The average Bonchev–Trinajstić information content (AvgIpc) is 3.70. The Labute approximate surface area is 291 Å². The zero-order valence-corrected chi connectivity index (χ0v) is 30.3. The number of phenols is 1. The highest BCUT2D eigenvalue weighted by molar-refractivity contribution is 7.81. The molecular weight excluding hydrogens is 641 g/mol. The standard InChI is InChI=1S/C29H33N5O5S.C8H17N/c1-33(2)40(39)32-27(37)17-8-10-20-23(12-17)34-15-29(31-28(38)26(30)36)14-22(29)21-13-18(35)9-11-19(21)25(34)24(20)16-6-4-3-5-7-16;1-5-7-6-9(4)8(7,2)3/h8-13,16,22,35H,3-7,14-15H2,1-2H3,(H2,30,36)(H,31,38)(H,32,37);7H,5-6H2,1-4H3. The number of amides is 3. The van der Waals surface area contributed by atoms with E-state index >= 15 is 0 Å². The Bertz CT molecular complexity index is 1830. The number of aromatic hydroxyl groups is 1. The van der Waals surface area contributed by atoms with Gasteiger partial charge in [0, 0.05) is 60.7 Å². The Morgan fingerprint density at radius 3 is 2.39 bits per heavy atom. The second kappa shape index (κ2) is 13.2. The first kappa shape index (κ1) is 35.1. The van der Waals surface area contributed by atoms with Gasteiger partial charge in [-0.2, -0.15) is 0 Å². The van der Waals surface area contributed by atoms with Crippen molar-refractivity contribution in [2.75, 3.05) is 27.7 Å². The van der Waals surface area contributed by atoms with Crippen molar-refractivity contribution in [1.82, 2.24) is 23.8 Å². The van der Waals surface area contributed by atoms with Crippen LogP contribution in [0.3, 0.4) is 0 Å². The molecule has 3 amide bonds. The molecule has 2 aromatic carbocycles. The monoisotopic (exact) mass is 690 g/mol. The molecule has 11 nitrogen and oxygen atoms in total. The predicted octanol–water partition coefficient (Wildman–Crippen LogP) is 4.51. The average molecular weight is 691 g/mol. The van der Waals surface area contributed by atoms with E-state index in [2.05, 4.69) is 47.3 Å². The van der Waals surface area contributed by atoms with E-state index in [-0.39, 0.29) is 11.7 Å². The van der Waals surface area contributed by atoms with Gasteiger partial charge in [-0.3, -0.25) is 19.1 Å². The van der Waals surface area contributed by atoms with Gasteiger partial charge in [0.15, 0.2) is 11.2 Å². The molecule has 0 radical (unpaired) electrons. The molecule has 49 heavy (non-hydrogen) atoms. The molecular formula is C37H50N6O5S. The van der Waals surface area contributed by atoms with E-state index in [0.717, 1.165) is 59.3 Å². The summed E-state index contributed by atoms with van der Waals surface area (Å²) in [5.74, 6) is -1.07. The molecule has 4 aliphatic rings. The maximum atomic E-state index is 13.1.